The van der Waals surface area contributed by atoms with Crippen molar-refractivity contribution in [3.8, 4) is 0 Å². The minimum Gasteiger partial charge on any atom is -0.518 e. The van der Waals surface area contributed by atoms with Crippen molar-refractivity contribution in [2.45, 2.75) is 0 Å². The summed E-state index contributed by atoms with van der Waals surface area (Å²) in [7, 11) is -1.84. The van der Waals surface area contributed by atoms with Gasteiger partial charge in [0.05, 0.1) is 6.26 Å². The number of benzene rings is 1. The molecule has 0 saturated carbocycles. The third kappa shape index (κ3) is 3.73. The summed E-state index contributed by atoms with van der Waals surface area (Å²) in [5, 5.41) is 16.6. The Hall–Kier alpha value is -1.33. The van der Waals surface area contributed by atoms with Gasteiger partial charge in [-0.25, -0.2) is 4.39 Å². The molecule has 68 valence electrons. The fraction of sp³-hybridized carbons (Fsp3) is 0. The van der Waals surface area contributed by atoms with Crippen LogP contribution in [-0.4, -0.2) is 17.4 Å². The number of hydrogen-bond donors (Lipinski definition) is 2. The third-order valence-corrected chi connectivity index (χ3v) is 1.31. The third-order valence-electron chi connectivity index (χ3n) is 1.31. The van der Waals surface area contributed by atoms with E-state index in [4.69, 9.17) is 10.0 Å². The van der Waals surface area contributed by atoms with E-state index in [0.717, 1.165) is 6.26 Å². The fourth-order valence-corrected chi connectivity index (χ4v) is 0.798. The Morgan fingerprint density at radius 2 is 2.15 bits per heavy atom. The lowest BCUT2D eigenvalue weighted by molar-refractivity contribution is 0.258. The number of hydrogen-bond acceptors (Lipinski definition) is 3. The van der Waals surface area contributed by atoms with Crippen molar-refractivity contribution in [3.63, 3.8) is 0 Å². The zero-order valence-corrected chi connectivity index (χ0v) is 6.72. The molecular formula is C8H8BFO3. The highest BCUT2D eigenvalue weighted by molar-refractivity contribution is 6.32. The zero-order chi connectivity index (χ0) is 9.68. The van der Waals surface area contributed by atoms with Crippen LogP contribution in [0.15, 0.2) is 30.5 Å². The first-order valence-electron chi connectivity index (χ1n) is 3.62. The predicted molar refractivity (Wildman–Crippen MR) is 46.7 cm³/mol. The molecule has 5 heteroatoms. The SMILES string of the molecule is OB(O)O/C=C/c1cccc(F)c1. The van der Waals surface area contributed by atoms with Crippen molar-refractivity contribution in [2.24, 2.45) is 0 Å². The Bertz CT molecular complexity index is 301. The lowest BCUT2D eigenvalue weighted by atomic mass is 10.2. The molecule has 1 rings (SSSR count). The summed E-state index contributed by atoms with van der Waals surface area (Å²) < 4.78 is 16.9. The highest BCUT2D eigenvalue weighted by Crippen LogP contribution is 2.05. The minimum absolute atomic E-state index is 0.355. The predicted octanol–water partition coefficient (Wildman–Crippen LogP) is 0.782. The van der Waals surface area contributed by atoms with Crippen molar-refractivity contribution in [3.05, 3.63) is 41.9 Å². The van der Waals surface area contributed by atoms with E-state index in [1.54, 1.807) is 12.1 Å². The van der Waals surface area contributed by atoms with E-state index in [1.807, 2.05) is 0 Å². The molecule has 0 unspecified atom stereocenters. The molecule has 0 saturated heterocycles. The van der Waals surface area contributed by atoms with E-state index in [0.29, 0.717) is 5.56 Å². The molecule has 0 aromatic heterocycles. The quantitative estimate of drug-likeness (QED) is 0.536. The summed E-state index contributed by atoms with van der Waals surface area (Å²) in [5.74, 6) is -0.355. The van der Waals surface area contributed by atoms with Gasteiger partial charge in [0.15, 0.2) is 0 Å². The molecule has 0 bridgehead atoms. The van der Waals surface area contributed by atoms with E-state index in [-0.39, 0.29) is 5.82 Å². The standard InChI is InChI=1S/C8H8BFO3/c10-8-3-1-2-7(6-8)4-5-13-9(11)12/h1-6,11-12H/b5-4+. The van der Waals surface area contributed by atoms with Crippen LogP contribution in [0, 0.1) is 5.82 Å². The van der Waals surface area contributed by atoms with Crippen LogP contribution in [-0.2, 0) is 4.65 Å². The van der Waals surface area contributed by atoms with Gasteiger partial charge in [0.2, 0.25) is 0 Å². The molecule has 0 aliphatic heterocycles. The van der Waals surface area contributed by atoms with Crippen molar-refractivity contribution in [1.82, 2.24) is 0 Å². The monoisotopic (exact) mass is 182 g/mol. The largest absolute Gasteiger partial charge is 0.707 e. The van der Waals surface area contributed by atoms with E-state index in [9.17, 15) is 4.39 Å². The summed E-state index contributed by atoms with van der Waals surface area (Å²) in [6, 6.07) is 5.82. The second-order valence-corrected chi connectivity index (χ2v) is 2.32. The molecule has 0 radical (unpaired) electrons. The maximum atomic E-state index is 12.6. The molecule has 0 heterocycles. The van der Waals surface area contributed by atoms with Crippen LogP contribution in [0.2, 0.25) is 0 Å². The highest BCUT2D eigenvalue weighted by atomic mass is 19.1. The van der Waals surface area contributed by atoms with Crippen molar-refractivity contribution < 1.29 is 19.1 Å². The van der Waals surface area contributed by atoms with E-state index >= 15 is 0 Å². The molecule has 0 fully saturated rings. The van der Waals surface area contributed by atoms with Crippen molar-refractivity contribution >= 4 is 13.4 Å². The maximum absolute atomic E-state index is 12.6. The Kier molecular flexibility index (Phi) is 3.48. The fourth-order valence-electron chi connectivity index (χ4n) is 0.798. The van der Waals surface area contributed by atoms with Crippen molar-refractivity contribution in [2.75, 3.05) is 0 Å². The second-order valence-electron chi connectivity index (χ2n) is 2.32. The topological polar surface area (TPSA) is 49.7 Å². The molecule has 0 aliphatic rings. The summed E-state index contributed by atoms with van der Waals surface area (Å²) in [4.78, 5) is 0. The Morgan fingerprint density at radius 1 is 1.38 bits per heavy atom. The van der Waals surface area contributed by atoms with Crippen LogP contribution in [0.4, 0.5) is 4.39 Å². The average Bonchev–Trinajstić information content (AvgIpc) is 2.03. The maximum Gasteiger partial charge on any atom is 0.707 e. The summed E-state index contributed by atoms with van der Waals surface area (Å²) >= 11 is 0. The van der Waals surface area contributed by atoms with Gasteiger partial charge < -0.3 is 14.7 Å². The second kappa shape index (κ2) is 4.64. The molecule has 0 spiro atoms. The Labute approximate surface area is 75.3 Å². The molecule has 0 amide bonds. The van der Waals surface area contributed by atoms with Gasteiger partial charge in [0.1, 0.15) is 5.82 Å². The lowest BCUT2D eigenvalue weighted by Crippen LogP contribution is -2.12. The van der Waals surface area contributed by atoms with Crippen LogP contribution in [0.25, 0.3) is 6.08 Å². The van der Waals surface area contributed by atoms with Gasteiger partial charge >= 0.3 is 7.32 Å². The van der Waals surface area contributed by atoms with Gasteiger partial charge in [-0.2, -0.15) is 0 Å². The van der Waals surface area contributed by atoms with Crippen LogP contribution in [0.1, 0.15) is 5.56 Å². The number of rotatable bonds is 3. The van der Waals surface area contributed by atoms with Gasteiger partial charge in [-0.05, 0) is 23.8 Å². The molecule has 3 nitrogen and oxygen atoms in total. The van der Waals surface area contributed by atoms with Gasteiger partial charge in [0.25, 0.3) is 0 Å². The van der Waals surface area contributed by atoms with E-state index in [1.165, 1.54) is 18.2 Å². The molecule has 1 aromatic rings. The first-order chi connectivity index (χ1) is 6.18. The zero-order valence-electron chi connectivity index (χ0n) is 6.72. The first kappa shape index (κ1) is 9.76. The van der Waals surface area contributed by atoms with Gasteiger partial charge in [-0.3, -0.25) is 0 Å². The summed E-state index contributed by atoms with van der Waals surface area (Å²) in [6.45, 7) is 0. The van der Waals surface area contributed by atoms with Gasteiger partial charge in [0, 0.05) is 0 Å². The van der Waals surface area contributed by atoms with Crippen molar-refractivity contribution in [1.29, 1.82) is 0 Å². The van der Waals surface area contributed by atoms with E-state index < -0.39 is 7.32 Å². The molecule has 0 aliphatic carbocycles. The van der Waals surface area contributed by atoms with E-state index in [2.05, 4.69) is 4.65 Å². The van der Waals surface area contributed by atoms with Gasteiger partial charge in [-0.1, -0.05) is 12.1 Å². The molecule has 2 N–H and O–H groups in total. The van der Waals surface area contributed by atoms with Crippen LogP contribution in [0.3, 0.4) is 0 Å². The van der Waals surface area contributed by atoms with Crippen LogP contribution >= 0.6 is 0 Å². The van der Waals surface area contributed by atoms with Crippen LogP contribution < -0.4 is 0 Å². The van der Waals surface area contributed by atoms with Crippen LogP contribution in [0.5, 0.6) is 0 Å². The summed E-state index contributed by atoms with van der Waals surface area (Å²) in [6.07, 6.45) is 2.50. The highest BCUT2D eigenvalue weighted by Gasteiger charge is 2.05. The average molecular weight is 182 g/mol. The number of halogens is 1. The molecule has 1 aromatic carbocycles. The Morgan fingerprint density at radius 3 is 2.77 bits per heavy atom. The summed E-state index contributed by atoms with van der Waals surface area (Å²) in [5.41, 5.74) is 0.584. The smallest absolute Gasteiger partial charge is 0.518 e. The lowest BCUT2D eigenvalue weighted by Gasteiger charge is -1.96. The molecule has 0 atom stereocenters. The molecule has 13 heavy (non-hydrogen) atoms. The normalized spacial score (nSPS) is 10.4. The minimum atomic E-state index is -1.84. The molecular weight excluding hydrogens is 174 g/mol. The van der Waals surface area contributed by atoms with Gasteiger partial charge in [-0.15, -0.1) is 0 Å². The Balaban J connectivity index is 2.58. The first-order valence-corrected chi connectivity index (χ1v) is 3.62.